The first kappa shape index (κ1) is 12.3. The van der Waals surface area contributed by atoms with Crippen molar-refractivity contribution in [3.8, 4) is 0 Å². The van der Waals surface area contributed by atoms with E-state index in [-0.39, 0.29) is 5.91 Å². The minimum atomic E-state index is -0.0749. The summed E-state index contributed by atoms with van der Waals surface area (Å²) in [5.74, 6) is -0.0749. The summed E-state index contributed by atoms with van der Waals surface area (Å²) >= 11 is 0. The van der Waals surface area contributed by atoms with E-state index in [1.807, 2.05) is 48.5 Å². The number of benzene rings is 2. The van der Waals surface area contributed by atoms with Crippen LogP contribution in [0.1, 0.15) is 21.5 Å². The molecule has 0 radical (unpaired) electrons. The fourth-order valence-electron chi connectivity index (χ4n) is 1.72. The summed E-state index contributed by atoms with van der Waals surface area (Å²) in [6.07, 6.45) is 0. The molecule has 0 fully saturated rings. The lowest BCUT2D eigenvalue weighted by molar-refractivity contribution is 0.0951. The molecule has 0 aliphatic carbocycles. The van der Waals surface area contributed by atoms with E-state index < -0.39 is 0 Å². The van der Waals surface area contributed by atoms with Crippen LogP contribution < -0.4 is 11.1 Å². The maximum absolute atomic E-state index is 11.9. The lowest BCUT2D eigenvalue weighted by Gasteiger charge is -2.06. The third-order valence-corrected chi connectivity index (χ3v) is 2.72. The highest BCUT2D eigenvalue weighted by atomic mass is 16.1. The van der Waals surface area contributed by atoms with Gasteiger partial charge in [-0.15, -0.1) is 0 Å². The number of carbonyl (C=O) groups excluding carboxylic acids is 1. The summed E-state index contributed by atoms with van der Waals surface area (Å²) in [7, 11) is 0. The molecule has 3 N–H and O–H groups in total. The zero-order valence-corrected chi connectivity index (χ0v) is 10.1. The molecule has 0 saturated carbocycles. The summed E-state index contributed by atoms with van der Waals surface area (Å²) in [4.78, 5) is 11.9. The highest BCUT2D eigenvalue weighted by molar-refractivity contribution is 5.94. The molecule has 2 aromatic rings. The van der Waals surface area contributed by atoms with Crippen LogP contribution in [0.5, 0.6) is 0 Å². The second-order valence-corrected chi connectivity index (χ2v) is 4.07. The van der Waals surface area contributed by atoms with E-state index in [9.17, 15) is 4.79 Å². The molecule has 0 spiro atoms. The highest BCUT2D eigenvalue weighted by Crippen LogP contribution is 2.05. The van der Waals surface area contributed by atoms with E-state index in [0.717, 1.165) is 11.1 Å². The lowest BCUT2D eigenvalue weighted by atomic mass is 10.1. The molecular weight excluding hydrogens is 224 g/mol. The Morgan fingerprint density at radius 2 is 1.72 bits per heavy atom. The first-order chi connectivity index (χ1) is 8.79. The van der Waals surface area contributed by atoms with Crippen LogP contribution in [-0.4, -0.2) is 5.91 Å². The van der Waals surface area contributed by atoms with Crippen molar-refractivity contribution in [2.75, 3.05) is 0 Å². The van der Waals surface area contributed by atoms with Crippen molar-refractivity contribution in [2.45, 2.75) is 13.1 Å². The zero-order chi connectivity index (χ0) is 12.8. The molecular formula is C15H16N2O. The van der Waals surface area contributed by atoms with Crippen molar-refractivity contribution in [1.29, 1.82) is 0 Å². The number of amides is 1. The van der Waals surface area contributed by atoms with Crippen LogP contribution in [0.25, 0.3) is 0 Å². The molecule has 0 saturated heterocycles. The third-order valence-electron chi connectivity index (χ3n) is 2.72. The van der Waals surface area contributed by atoms with Gasteiger partial charge in [-0.25, -0.2) is 0 Å². The van der Waals surface area contributed by atoms with E-state index in [4.69, 9.17) is 5.73 Å². The summed E-state index contributed by atoms with van der Waals surface area (Å²) in [6, 6.07) is 17.2. The Balaban J connectivity index is 1.99. The van der Waals surface area contributed by atoms with Crippen LogP contribution in [0.4, 0.5) is 0 Å². The predicted octanol–water partition coefficient (Wildman–Crippen LogP) is 2.08. The predicted molar refractivity (Wildman–Crippen MR) is 71.9 cm³/mol. The molecule has 0 atom stereocenters. The Labute approximate surface area is 107 Å². The van der Waals surface area contributed by atoms with Gasteiger partial charge in [-0.05, 0) is 23.3 Å². The van der Waals surface area contributed by atoms with Crippen molar-refractivity contribution in [3.63, 3.8) is 0 Å². The van der Waals surface area contributed by atoms with E-state index in [0.29, 0.717) is 18.7 Å². The van der Waals surface area contributed by atoms with Crippen molar-refractivity contribution in [3.05, 3.63) is 71.3 Å². The Morgan fingerprint density at radius 3 is 2.44 bits per heavy atom. The largest absolute Gasteiger partial charge is 0.348 e. The fourth-order valence-corrected chi connectivity index (χ4v) is 1.72. The van der Waals surface area contributed by atoms with E-state index >= 15 is 0 Å². The van der Waals surface area contributed by atoms with Gasteiger partial charge in [0.1, 0.15) is 0 Å². The molecule has 3 nitrogen and oxygen atoms in total. The summed E-state index contributed by atoms with van der Waals surface area (Å²) in [5.41, 5.74) is 8.24. The van der Waals surface area contributed by atoms with Crippen molar-refractivity contribution >= 4 is 5.91 Å². The van der Waals surface area contributed by atoms with Crippen LogP contribution in [0.15, 0.2) is 54.6 Å². The molecule has 0 aliphatic heterocycles. The number of nitrogens with two attached hydrogens (primary N) is 1. The molecule has 0 bridgehead atoms. The number of nitrogens with one attached hydrogen (secondary N) is 1. The first-order valence-corrected chi connectivity index (χ1v) is 5.91. The Kier molecular flexibility index (Phi) is 4.10. The summed E-state index contributed by atoms with van der Waals surface area (Å²) < 4.78 is 0. The van der Waals surface area contributed by atoms with Gasteiger partial charge in [-0.2, -0.15) is 0 Å². The number of hydrogen-bond donors (Lipinski definition) is 2. The van der Waals surface area contributed by atoms with Crippen molar-refractivity contribution < 1.29 is 4.79 Å². The van der Waals surface area contributed by atoms with Gasteiger partial charge in [-0.1, -0.05) is 42.5 Å². The fraction of sp³-hybridized carbons (Fsp3) is 0.133. The first-order valence-electron chi connectivity index (χ1n) is 5.91. The van der Waals surface area contributed by atoms with Crippen LogP contribution in [0.2, 0.25) is 0 Å². The monoisotopic (exact) mass is 240 g/mol. The van der Waals surface area contributed by atoms with Crippen LogP contribution in [-0.2, 0) is 13.1 Å². The van der Waals surface area contributed by atoms with E-state index in [1.165, 1.54) is 0 Å². The van der Waals surface area contributed by atoms with Gasteiger partial charge in [0, 0.05) is 18.7 Å². The van der Waals surface area contributed by atoms with Crippen LogP contribution in [0, 0.1) is 0 Å². The van der Waals surface area contributed by atoms with Gasteiger partial charge in [0.25, 0.3) is 5.91 Å². The van der Waals surface area contributed by atoms with Gasteiger partial charge >= 0.3 is 0 Å². The summed E-state index contributed by atoms with van der Waals surface area (Å²) in [6.45, 7) is 0.979. The van der Waals surface area contributed by atoms with Gasteiger partial charge in [0.15, 0.2) is 0 Å². The molecule has 0 aliphatic rings. The highest BCUT2D eigenvalue weighted by Gasteiger charge is 2.05. The average Bonchev–Trinajstić information content (AvgIpc) is 2.46. The Bertz CT molecular complexity index is 523. The SMILES string of the molecule is NCc1cccc(C(=O)NCc2ccccc2)c1. The maximum Gasteiger partial charge on any atom is 0.251 e. The third kappa shape index (κ3) is 3.18. The zero-order valence-electron chi connectivity index (χ0n) is 10.1. The number of hydrogen-bond acceptors (Lipinski definition) is 2. The molecule has 0 heterocycles. The standard InChI is InChI=1S/C15H16N2O/c16-10-13-7-4-8-14(9-13)15(18)17-11-12-5-2-1-3-6-12/h1-9H,10-11,16H2,(H,17,18). The Morgan fingerprint density at radius 1 is 1.00 bits per heavy atom. The molecule has 2 rings (SSSR count). The van der Waals surface area contributed by atoms with Gasteiger partial charge < -0.3 is 11.1 Å². The average molecular weight is 240 g/mol. The van der Waals surface area contributed by atoms with Crippen molar-refractivity contribution in [1.82, 2.24) is 5.32 Å². The van der Waals surface area contributed by atoms with Crippen LogP contribution in [0.3, 0.4) is 0 Å². The maximum atomic E-state index is 11.9. The van der Waals surface area contributed by atoms with Gasteiger partial charge in [-0.3, -0.25) is 4.79 Å². The minimum Gasteiger partial charge on any atom is -0.348 e. The quantitative estimate of drug-likeness (QED) is 0.859. The van der Waals surface area contributed by atoms with Gasteiger partial charge in [0.05, 0.1) is 0 Å². The minimum absolute atomic E-state index is 0.0749. The van der Waals surface area contributed by atoms with Crippen molar-refractivity contribution in [2.24, 2.45) is 5.73 Å². The van der Waals surface area contributed by atoms with E-state index in [2.05, 4.69) is 5.32 Å². The molecule has 1 amide bonds. The molecule has 18 heavy (non-hydrogen) atoms. The number of rotatable bonds is 4. The molecule has 0 unspecified atom stereocenters. The second-order valence-electron chi connectivity index (χ2n) is 4.07. The smallest absolute Gasteiger partial charge is 0.251 e. The topological polar surface area (TPSA) is 55.1 Å². The number of carbonyl (C=O) groups is 1. The normalized spacial score (nSPS) is 10.1. The van der Waals surface area contributed by atoms with E-state index in [1.54, 1.807) is 6.07 Å². The van der Waals surface area contributed by atoms with Crippen LogP contribution >= 0.6 is 0 Å². The molecule has 3 heteroatoms. The molecule has 0 aromatic heterocycles. The lowest BCUT2D eigenvalue weighted by Crippen LogP contribution is -2.22. The molecule has 92 valence electrons. The van der Waals surface area contributed by atoms with Gasteiger partial charge in [0.2, 0.25) is 0 Å². The second kappa shape index (κ2) is 5.98. The molecule has 2 aromatic carbocycles. The summed E-state index contributed by atoms with van der Waals surface area (Å²) in [5, 5.41) is 2.89. The Hall–Kier alpha value is -2.13.